The maximum atomic E-state index is 2.49. The molecule has 1 aliphatic rings. The summed E-state index contributed by atoms with van der Waals surface area (Å²) < 4.78 is 2.49. The van der Waals surface area contributed by atoms with Crippen molar-refractivity contribution in [2.75, 3.05) is 0 Å². The van der Waals surface area contributed by atoms with Crippen molar-refractivity contribution < 1.29 is 4.57 Å². The zero-order chi connectivity index (χ0) is 22.3. The molecule has 0 amide bonds. The Morgan fingerprint density at radius 3 is 1.85 bits per heavy atom. The summed E-state index contributed by atoms with van der Waals surface area (Å²) in [6, 6.07) is 46.0. The Morgan fingerprint density at radius 1 is 0.576 bits per heavy atom. The first-order valence-corrected chi connectivity index (χ1v) is 11.6. The van der Waals surface area contributed by atoms with E-state index in [0.717, 1.165) is 6.42 Å². The molecule has 0 bridgehead atoms. The zero-order valence-electron chi connectivity index (χ0n) is 18.8. The molecule has 158 valence electrons. The van der Waals surface area contributed by atoms with Crippen LogP contribution in [0.3, 0.4) is 0 Å². The third-order valence-corrected chi connectivity index (χ3v) is 6.95. The van der Waals surface area contributed by atoms with Gasteiger partial charge in [0.2, 0.25) is 11.4 Å². The van der Waals surface area contributed by atoms with Gasteiger partial charge in [0.25, 0.3) is 0 Å². The van der Waals surface area contributed by atoms with Crippen LogP contribution in [-0.4, -0.2) is 0 Å². The van der Waals surface area contributed by atoms with Gasteiger partial charge in [-0.3, -0.25) is 0 Å². The quantitative estimate of drug-likeness (QED) is 0.270. The van der Waals surface area contributed by atoms with Gasteiger partial charge in [-0.1, -0.05) is 97.1 Å². The van der Waals surface area contributed by atoms with Crippen molar-refractivity contribution >= 4 is 0 Å². The van der Waals surface area contributed by atoms with Crippen molar-refractivity contribution in [2.45, 2.75) is 18.8 Å². The number of rotatable bonds is 4. The Balaban J connectivity index is 1.66. The SMILES string of the molecule is CC1(Cc2ccccc2)c2ccccc2-[n+]2c(-c3ccccc3)cc(-c3ccccc3)cc21. The largest absolute Gasteiger partial charge is 0.219 e. The van der Waals surface area contributed by atoms with Crippen molar-refractivity contribution in [2.24, 2.45) is 0 Å². The van der Waals surface area contributed by atoms with Gasteiger partial charge in [-0.2, -0.15) is 4.57 Å². The second kappa shape index (κ2) is 7.86. The van der Waals surface area contributed by atoms with Crippen LogP contribution in [0.1, 0.15) is 23.7 Å². The second-order valence-corrected chi connectivity index (χ2v) is 9.09. The third-order valence-electron chi connectivity index (χ3n) is 6.95. The summed E-state index contributed by atoms with van der Waals surface area (Å²) in [4.78, 5) is 0. The average molecular weight is 425 g/mol. The van der Waals surface area contributed by atoms with Gasteiger partial charge in [-0.15, -0.1) is 0 Å². The number of aromatic nitrogens is 1. The predicted octanol–water partition coefficient (Wildman–Crippen LogP) is 7.16. The molecule has 1 heteroatoms. The van der Waals surface area contributed by atoms with Crippen LogP contribution < -0.4 is 4.57 Å². The van der Waals surface area contributed by atoms with Gasteiger partial charge >= 0.3 is 0 Å². The van der Waals surface area contributed by atoms with E-state index >= 15 is 0 Å². The monoisotopic (exact) mass is 424 g/mol. The second-order valence-electron chi connectivity index (χ2n) is 9.09. The van der Waals surface area contributed by atoms with Crippen molar-refractivity contribution in [1.29, 1.82) is 0 Å². The lowest BCUT2D eigenvalue weighted by Crippen LogP contribution is -2.38. The summed E-state index contributed by atoms with van der Waals surface area (Å²) in [5, 5.41) is 0. The maximum Gasteiger partial charge on any atom is 0.219 e. The van der Waals surface area contributed by atoms with E-state index in [9.17, 15) is 0 Å². The fourth-order valence-electron chi connectivity index (χ4n) is 5.34. The van der Waals surface area contributed by atoms with Crippen molar-refractivity contribution in [3.63, 3.8) is 0 Å². The van der Waals surface area contributed by atoms with Crippen LogP contribution in [0.2, 0.25) is 0 Å². The Labute approximate surface area is 195 Å². The first kappa shape index (κ1) is 19.7. The van der Waals surface area contributed by atoms with Crippen LogP contribution in [0.4, 0.5) is 0 Å². The molecule has 2 heterocycles. The molecule has 1 nitrogen and oxygen atoms in total. The molecular weight excluding hydrogens is 398 g/mol. The fraction of sp³-hybridized carbons (Fsp3) is 0.0938. The summed E-state index contributed by atoms with van der Waals surface area (Å²) in [5.74, 6) is 0. The summed E-state index contributed by atoms with van der Waals surface area (Å²) in [6.07, 6.45) is 0.956. The minimum Gasteiger partial charge on any atom is -0.156 e. The van der Waals surface area contributed by atoms with Gasteiger partial charge in [-0.25, -0.2) is 0 Å². The number of hydrogen-bond acceptors (Lipinski definition) is 0. The molecule has 0 N–H and O–H groups in total. The van der Waals surface area contributed by atoms with Crippen LogP contribution in [-0.2, 0) is 11.8 Å². The molecule has 1 unspecified atom stereocenters. The molecule has 0 spiro atoms. The topological polar surface area (TPSA) is 3.88 Å². The fourth-order valence-corrected chi connectivity index (χ4v) is 5.34. The molecule has 0 fully saturated rings. The molecule has 0 saturated carbocycles. The highest BCUT2D eigenvalue weighted by atomic mass is 15.0. The van der Waals surface area contributed by atoms with E-state index in [4.69, 9.17) is 0 Å². The Morgan fingerprint density at radius 2 is 1.15 bits per heavy atom. The lowest BCUT2D eigenvalue weighted by atomic mass is 9.75. The first-order valence-electron chi connectivity index (χ1n) is 11.6. The van der Waals surface area contributed by atoms with Gasteiger partial charge in [-0.05, 0) is 42.2 Å². The van der Waals surface area contributed by atoms with E-state index in [0.29, 0.717) is 0 Å². The van der Waals surface area contributed by atoms with E-state index in [1.165, 1.54) is 44.9 Å². The van der Waals surface area contributed by atoms with Crippen LogP contribution in [0.25, 0.3) is 28.1 Å². The minimum absolute atomic E-state index is 0.133. The standard InChI is InChI=1S/C32H26N/c1-32(23-24-13-5-2-6-14-24)28-19-11-12-20-29(28)33-30(26-17-9-4-10-18-26)21-27(22-31(32)33)25-15-7-3-8-16-25/h2-22H,23H2,1H3/q+1. The Kier molecular flexibility index (Phi) is 4.69. The summed E-state index contributed by atoms with van der Waals surface area (Å²) in [5.41, 5.74) is 10.2. The van der Waals surface area contributed by atoms with Gasteiger partial charge in [0, 0.05) is 29.3 Å². The molecule has 5 aromatic rings. The van der Waals surface area contributed by atoms with Crippen molar-refractivity contribution in [3.05, 3.63) is 144 Å². The molecule has 33 heavy (non-hydrogen) atoms. The molecule has 0 aliphatic carbocycles. The highest BCUT2D eigenvalue weighted by molar-refractivity contribution is 5.71. The summed E-state index contributed by atoms with van der Waals surface area (Å²) in [6.45, 7) is 2.40. The van der Waals surface area contributed by atoms with Crippen LogP contribution in [0.5, 0.6) is 0 Å². The average Bonchev–Trinajstić information content (AvgIpc) is 3.13. The lowest BCUT2D eigenvalue weighted by molar-refractivity contribution is -0.588. The lowest BCUT2D eigenvalue weighted by Gasteiger charge is -2.22. The molecule has 0 saturated heterocycles. The van der Waals surface area contributed by atoms with E-state index in [2.05, 4.69) is 139 Å². The van der Waals surface area contributed by atoms with Crippen LogP contribution >= 0.6 is 0 Å². The van der Waals surface area contributed by atoms with Gasteiger partial charge in [0.05, 0.1) is 5.41 Å². The molecule has 1 atom stereocenters. The molecule has 0 radical (unpaired) electrons. The Hall–Kier alpha value is -3.97. The van der Waals surface area contributed by atoms with Crippen LogP contribution in [0, 0.1) is 0 Å². The summed E-state index contributed by atoms with van der Waals surface area (Å²) in [7, 11) is 0. The Bertz CT molecular complexity index is 1420. The summed E-state index contributed by atoms with van der Waals surface area (Å²) >= 11 is 0. The number of nitrogens with zero attached hydrogens (tertiary/aromatic N) is 1. The molecule has 6 rings (SSSR count). The predicted molar refractivity (Wildman–Crippen MR) is 135 cm³/mol. The molecule has 4 aromatic carbocycles. The van der Waals surface area contributed by atoms with E-state index in [1.54, 1.807) is 0 Å². The van der Waals surface area contributed by atoms with Crippen molar-refractivity contribution in [1.82, 2.24) is 0 Å². The highest BCUT2D eigenvalue weighted by Gasteiger charge is 2.48. The zero-order valence-corrected chi connectivity index (χ0v) is 18.8. The molecule has 1 aromatic heterocycles. The van der Waals surface area contributed by atoms with Crippen LogP contribution in [0.15, 0.2) is 127 Å². The van der Waals surface area contributed by atoms with Gasteiger partial charge in [0.15, 0.2) is 5.69 Å². The van der Waals surface area contributed by atoms with Gasteiger partial charge in [0.1, 0.15) is 0 Å². The van der Waals surface area contributed by atoms with E-state index in [-0.39, 0.29) is 5.41 Å². The van der Waals surface area contributed by atoms with Crippen molar-refractivity contribution in [3.8, 4) is 28.1 Å². The highest BCUT2D eigenvalue weighted by Crippen LogP contribution is 2.43. The first-order chi connectivity index (χ1) is 16.2. The minimum atomic E-state index is -0.133. The van der Waals surface area contributed by atoms with E-state index < -0.39 is 0 Å². The number of pyridine rings is 1. The smallest absolute Gasteiger partial charge is 0.156 e. The van der Waals surface area contributed by atoms with E-state index in [1.807, 2.05) is 0 Å². The normalized spacial score (nSPS) is 16.3. The number of hydrogen-bond donors (Lipinski definition) is 0. The number of benzene rings is 4. The third kappa shape index (κ3) is 3.29. The maximum absolute atomic E-state index is 2.49. The molecule has 1 aliphatic heterocycles. The molecular formula is C32H26N+. The number of fused-ring (bicyclic) bond motifs is 3. The number of para-hydroxylation sites is 1. The van der Waals surface area contributed by atoms with Gasteiger partial charge < -0.3 is 0 Å².